The Morgan fingerprint density at radius 1 is 1.50 bits per heavy atom. The quantitative estimate of drug-likeness (QED) is 0.343. The van der Waals surface area contributed by atoms with Gasteiger partial charge in [-0.2, -0.15) is 11.3 Å². The Morgan fingerprint density at radius 3 is 2.83 bits per heavy atom. The van der Waals surface area contributed by atoms with E-state index in [0.29, 0.717) is 12.5 Å². The lowest BCUT2D eigenvalue weighted by molar-refractivity contribution is 0.203. The van der Waals surface area contributed by atoms with Crippen molar-refractivity contribution in [1.82, 2.24) is 10.6 Å². The van der Waals surface area contributed by atoms with Crippen molar-refractivity contribution in [2.75, 3.05) is 33.9 Å². The predicted molar refractivity (Wildman–Crippen MR) is 89.4 cm³/mol. The van der Waals surface area contributed by atoms with E-state index in [1.165, 1.54) is 5.56 Å². The van der Waals surface area contributed by atoms with Crippen LogP contribution in [0, 0.1) is 0 Å². The van der Waals surface area contributed by atoms with Crippen molar-refractivity contribution in [3.05, 3.63) is 22.4 Å². The zero-order chi connectivity index (χ0) is 12.5. The van der Waals surface area contributed by atoms with Gasteiger partial charge in [0.05, 0.1) is 6.61 Å². The number of guanidine groups is 1. The smallest absolute Gasteiger partial charge is 0.191 e. The Kier molecular flexibility index (Phi) is 10.4. The molecule has 0 aliphatic rings. The molecule has 6 heteroatoms. The number of ether oxygens (including phenoxy) is 1. The fourth-order valence-corrected chi connectivity index (χ4v) is 2.20. The maximum absolute atomic E-state index is 4.98. The Bertz CT molecular complexity index is 330. The number of hydrogen-bond acceptors (Lipinski definition) is 3. The minimum absolute atomic E-state index is 0. The largest absolute Gasteiger partial charge is 0.383 e. The summed E-state index contributed by atoms with van der Waals surface area (Å²) in [6.07, 6.45) is 0. The van der Waals surface area contributed by atoms with Gasteiger partial charge in [-0.1, -0.05) is 6.92 Å². The summed E-state index contributed by atoms with van der Waals surface area (Å²) in [4.78, 5) is 4.15. The first-order valence-electron chi connectivity index (χ1n) is 5.73. The van der Waals surface area contributed by atoms with Gasteiger partial charge >= 0.3 is 0 Å². The topological polar surface area (TPSA) is 45.7 Å². The third kappa shape index (κ3) is 6.55. The number of methoxy groups -OCH3 is 1. The van der Waals surface area contributed by atoms with Crippen molar-refractivity contribution in [2.45, 2.75) is 12.8 Å². The summed E-state index contributed by atoms with van der Waals surface area (Å²) in [6.45, 7) is 4.53. The molecule has 0 radical (unpaired) electrons. The fourth-order valence-electron chi connectivity index (χ4n) is 1.42. The zero-order valence-corrected chi connectivity index (χ0v) is 14.2. The third-order valence-electron chi connectivity index (χ3n) is 2.51. The van der Waals surface area contributed by atoms with Gasteiger partial charge < -0.3 is 15.4 Å². The lowest BCUT2D eigenvalue weighted by atomic mass is 10.1. The summed E-state index contributed by atoms with van der Waals surface area (Å²) in [6, 6.07) is 2.16. The van der Waals surface area contributed by atoms with E-state index in [2.05, 4.69) is 39.4 Å². The highest BCUT2D eigenvalue weighted by Crippen LogP contribution is 2.16. The summed E-state index contributed by atoms with van der Waals surface area (Å²) in [5.41, 5.74) is 1.37. The van der Waals surface area contributed by atoms with Crippen LogP contribution in [0.1, 0.15) is 18.4 Å². The Balaban J connectivity index is 0.00000289. The molecule has 0 bridgehead atoms. The molecule has 0 saturated carbocycles. The second-order valence-corrected chi connectivity index (χ2v) is 4.61. The highest BCUT2D eigenvalue weighted by atomic mass is 127. The van der Waals surface area contributed by atoms with Crippen molar-refractivity contribution in [3.8, 4) is 0 Å². The van der Waals surface area contributed by atoms with Crippen molar-refractivity contribution in [1.29, 1.82) is 0 Å². The molecule has 1 aromatic rings. The van der Waals surface area contributed by atoms with Gasteiger partial charge in [0, 0.05) is 27.2 Å². The Labute approximate surface area is 130 Å². The van der Waals surface area contributed by atoms with Crippen LogP contribution in [0.2, 0.25) is 0 Å². The Hall–Kier alpha value is -0.340. The maximum Gasteiger partial charge on any atom is 0.191 e. The van der Waals surface area contributed by atoms with Crippen molar-refractivity contribution in [2.24, 2.45) is 4.99 Å². The van der Waals surface area contributed by atoms with Gasteiger partial charge in [0.15, 0.2) is 5.96 Å². The standard InChI is InChI=1S/C12H21N3OS.HI/c1-10(11-4-7-17-9-11)8-15-12(13-2)14-5-6-16-3;/h4,7,9-10H,5-6,8H2,1-3H3,(H2,13,14,15);1H. The lowest BCUT2D eigenvalue weighted by Crippen LogP contribution is -2.40. The van der Waals surface area contributed by atoms with Gasteiger partial charge in [-0.15, -0.1) is 24.0 Å². The lowest BCUT2D eigenvalue weighted by Gasteiger charge is -2.15. The van der Waals surface area contributed by atoms with E-state index in [1.807, 2.05) is 0 Å². The molecule has 2 N–H and O–H groups in total. The number of halogens is 1. The van der Waals surface area contributed by atoms with Crippen LogP contribution < -0.4 is 10.6 Å². The predicted octanol–water partition coefficient (Wildman–Crippen LogP) is 2.28. The van der Waals surface area contributed by atoms with Crippen molar-refractivity contribution < 1.29 is 4.74 Å². The minimum Gasteiger partial charge on any atom is -0.383 e. The molecule has 104 valence electrons. The molecule has 1 rings (SSSR count). The SMILES string of the molecule is CN=C(NCCOC)NCC(C)c1ccsc1.I. The molecule has 1 heterocycles. The van der Waals surface area contributed by atoms with Gasteiger partial charge in [0.1, 0.15) is 0 Å². The molecule has 0 spiro atoms. The molecule has 1 unspecified atom stereocenters. The zero-order valence-electron chi connectivity index (χ0n) is 11.1. The number of nitrogens with zero attached hydrogens (tertiary/aromatic N) is 1. The van der Waals surface area contributed by atoms with Gasteiger partial charge in [-0.3, -0.25) is 4.99 Å². The molecule has 0 aliphatic heterocycles. The molecule has 0 aromatic carbocycles. The van der Waals surface area contributed by atoms with Crippen LogP contribution >= 0.6 is 35.3 Å². The van der Waals surface area contributed by atoms with Gasteiger partial charge in [-0.25, -0.2) is 0 Å². The summed E-state index contributed by atoms with van der Waals surface area (Å²) >= 11 is 1.73. The molecule has 0 saturated heterocycles. The molecule has 0 aliphatic carbocycles. The van der Waals surface area contributed by atoms with E-state index < -0.39 is 0 Å². The molecular weight excluding hydrogens is 361 g/mol. The molecular formula is C12H22IN3OS. The monoisotopic (exact) mass is 383 g/mol. The van der Waals surface area contributed by atoms with Gasteiger partial charge in [-0.05, 0) is 28.3 Å². The summed E-state index contributed by atoms with van der Waals surface area (Å²) in [7, 11) is 3.47. The van der Waals surface area contributed by atoms with Crippen LogP contribution in [0.3, 0.4) is 0 Å². The van der Waals surface area contributed by atoms with E-state index in [1.54, 1.807) is 25.5 Å². The molecule has 1 atom stereocenters. The number of hydrogen-bond donors (Lipinski definition) is 2. The van der Waals surface area contributed by atoms with Gasteiger partial charge in [0.2, 0.25) is 0 Å². The van der Waals surface area contributed by atoms with Crippen molar-refractivity contribution >= 4 is 41.3 Å². The minimum atomic E-state index is 0. The van der Waals surface area contributed by atoms with Crippen LogP contribution in [0.4, 0.5) is 0 Å². The Morgan fingerprint density at radius 2 is 2.28 bits per heavy atom. The number of rotatable bonds is 6. The first kappa shape index (κ1) is 17.7. The molecule has 0 fully saturated rings. The van der Waals surface area contributed by atoms with Crippen LogP contribution in [-0.2, 0) is 4.74 Å². The summed E-state index contributed by atoms with van der Waals surface area (Å²) < 4.78 is 4.98. The van der Waals surface area contributed by atoms with Crippen LogP contribution in [0.25, 0.3) is 0 Å². The van der Waals surface area contributed by atoms with E-state index in [4.69, 9.17) is 4.74 Å². The average molecular weight is 383 g/mol. The van der Waals surface area contributed by atoms with E-state index in [0.717, 1.165) is 19.0 Å². The van der Waals surface area contributed by atoms with E-state index in [-0.39, 0.29) is 24.0 Å². The molecule has 4 nitrogen and oxygen atoms in total. The highest BCUT2D eigenvalue weighted by Gasteiger charge is 2.06. The summed E-state index contributed by atoms with van der Waals surface area (Å²) in [5.74, 6) is 1.31. The molecule has 0 amide bonds. The first-order valence-corrected chi connectivity index (χ1v) is 6.67. The number of thiophene rings is 1. The van der Waals surface area contributed by atoms with Crippen molar-refractivity contribution in [3.63, 3.8) is 0 Å². The molecule has 18 heavy (non-hydrogen) atoms. The van der Waals surface area contributed by atoms with Crippen LogP contribution in [0.15, 0.2) is 21.8 Å². The summed E-state index contributed by atoms with van der Waals surface area (Å²) in [5, 5.41) is 10.8. The highest BCUT2D eigenvalue weighted by molar-refractivity contribution is 14.0. The second kappa shape index (κ2) is 10.6. The fraction of sp³-hybridized carbons (Fsp3) is 0.583. The second-order valence-electron chi connectivity index (χ2n) is 3.83. The number of nitrogens with one attached hydrogen (secondary N) is 2. The van der Waals surface area contributed by atoms with Crippen LogP contribution in [-0.4, -0.2) is 39.8 Å². The van der Waals surface area contributed by atoms with E-state index in [9.17, 15) is 0 Å². The first-order chi connectivity index (χ1) is 8.27. The van der Waals surface area contributed by atoms with E-state index >= 15 is 0 Å². The van der Waals surface area contributed by atoms with Crippen LogP contribution in [0.5, 0.6) is 0 Å². The third-order valence-corrected chi connectivity index (χ3v) is 3.21. The number of aliphatic imine (C=N–C) groups is 1. The van der Waals surface area contributed by atoms with Gasteiger partial charge in [0.25, 0.3) is 0 Å². The maximum atomic E-state index is 4.98. The normalized spacial score (nSPS) is 12.7. The molecule has 1 aromatic heterocycles. The average Bonchev–Trinajstić information content (AvgIpc) is 2.87.